The van der Waals surface area contributed by atoms with Gasteiger partial charge in [0.2, 0.25) is 0 Å². The Labute approximate surface area is 150 Å². The molecule has 26 heavy (non-hydrogen) atoms. The van der Waals surface area contributed by atoms with Crippen molar-refractivity contribution in [2.45, 2.75) is 18.8 Å². The van der Waals surface area contributed by atoms with Gasteiger partial charge in [0, 0.05) is 37.8 Å². The van der Waals surface area contributed by atoms with Gasteiger partial charge in [-0.1, -0.05) is 0 Å². The molecule has 1 aromatic carbocycles. The van der Waals surface area contributed by atoms with Gasteiger partial charge in [0.05, 0.1) is 0 Å². The number of nitrogens with zero attached hydrogens (tertiary/aromatic N) is 4. The molecule has 134 valence electrons. The van der Waals surface area contributed by atoms with Crippen LogP contribution in [0.25, 0.3) is 11.4 Å². The molecule has 6 nitrogen and oxygen atoms in total. The third-order valence-electron chi connectivity index (χ3n) is 4.86. The number of aromatic nitrogens is 4. The van der Waals surface area contributed by atoms with Crippen LogP contribution < -0.4 is 0 Å². The van der Waals surface area contributed by atoms with Gasteiger partial charge < -0.3 is 9.47 Å². The number of benzene rings is 1. The molecule has 0 bridgehead atoms. The molecule has 1 amide bonds. The van der Waals surface area contributed by atoms with E-state index in [4.69, 9.17) is 0 Å². The summed E-state index contributed by atoms with van der Waals surface area (Å²) in [7, 11) is 1.88. The van der Waals surface area contributed by atoms with Crippen molar-refractivity contribution in [1.29, 1.82) is 0 Å². The standard InChI is InChI=1S/C19H20FN5O/c1-24-10-3-5-16(24)19(26)25-11-2-4-14(12-25)18-21-17(22-23-18)13-6-8-15(20)9-7-13/h3,5-10,14H,2,4,11-12H2,1H3,(H,21,22,23)/t14-/m0/s1. The number of rotatable bonds is 3. The number of hydrogen-bond donors (Lipinski definition) is 1. The summed E-state index contributed by atoms with van der Waals surface area (Å²) in [4.78, 5) is 19.2. The summed E-state index contributed by atoms with van der Waals surface area (Å²) in [6.07, 6.45) is 3.75. The van der Waals surface area contributed by atoms with E-state index < -0.39 is 0 Å². The molecule has 1 aliphatic rings. The molecule has 0 spiro atoms. The van der Waals surface area contributed by atoms with Crippen LogP contribution in [0.4, 0.5) is 4.39 Å². The van der Waals surface area contributed by atoms with Crippen LogP contribution in [0.3, 0.4) is 0 Å². The molecule has 4 rings (SSSR count). The third kappa shape index (κ3) is 3.12. The van der Waals surface area contributed by atoms with E-state index in [9.17, 15) is 9.18 Å². The molecule has 1 N–H and O–H groups in total. The summed E-state index contributed by atoms with van der Waals surface area (Å²) in [5.41, 5.74) is 1.46. The minimum atomic E-state index is -0.286. The number of hydrogen-bond acceptors (Lipinski definition) is 3. The Morgan fingerprint density at radius 2 is 2.08 bits per heavy atom. The van der Waals surface area contributed by atoms with E-state index in [-0.39, 0.29) is 17.6 Å². The Hall–Kier alpha value is -2.96. The van der Waals surface area contributed by atoms with E-state index in [1.165, 1.54) is 12.1 Å². The highest BCUT2D eigenvalue weighted by molar-refractivity contribution is 5.92. The average Bonchev–Trinajstić information content (AvgIpc) is 3.31. The van der Waals surface area contributed by atoms with Crippen molar-refractivity contribution < 1.29 is 9.18 Å². The van der Waals surface area contributed by atoms with Crippen molar-refractivity contribution in [2.75, 3.05) is 13.1 Å². The van der Waals surface area contributed by atoms with Crippen LogP contribution in [0.15, 0.2) is 42.6 Å². The molecule has 0 unspecified atom stereocenters. The van der Waals surface area contributed by atoms with Crippen LogP contribution >= 0.6 is 0 Å². The lowest BCUT2D eigenvalue weighted by Crippen LogP contribution is -2.40. The molecule has 1 aliphatic heterocycles. The van der Waals surface area contributed by atoms with Gasteiger partial charge in [-0.15, -0.1) is 0 Å². The van der Waals surface area contributed by atoms with Gasteiger partial charge in [-0.2, -0.15) is 5.10 Å². The van der Waals surface area contributed by atoms with E-state index in [1.54, 1.807) is 12.1 Å². The van der Waals surface area contributed by atoms with Crippen molar-refractivity contribution in [3.63, 3.8) is 0 Å². The van der Waals surface area contributed by atoms with Crippen LogP contribution in [0, 0.1) is 5.82 Å². The zero-order chi connectivity index (χ0) is 18.1. The molecule has 7 heteroatoms. The number of aromatic amines is 1. The molecule has 1 fully saturated rings. The maximum Gasteiger partial charge on any atom is 0.270 e. The minimum absolute atomic E-state index is 0.0421. The first-order valence-electron chi connectivity index (χ1n) is 8.70. The van der Waals surface area contributed by atoms with Gasteiger partial charge in [-0.25, -0.2) is 9.37 Å². The summed E-state index contributed by atoms with van der Waals surface area (Å²) < 4.78 is 14.9. The highest BCUT2D eigenvalue weighted by atomic mass is 19.1. The van der Waals surface area contributed by atoms with Crippen LogP contribution in [0.2, 0.25) is 0 Å². The number of H-pyrrole nitrogens is 1. The Morgan fingerprint density at radius 3 is 2.81 bits per heavy atom. The number of piperidine rings is 1. The molecule has 0 aliphatic carbocycles. The maximum atomic E-state index is 13.1. The second-order valence-corrected chi connectivity index (χ2v) is 6.65. The second-order valence-electron chi connectivity index (χ2n) is 6.65. The Morgan fingerprint density at radius 1 is 1.27 bits per heavy atom. The first-order valence-corrected chi connectivity index (χ1v) is 8.70. The molecule has 2 aromatic heterocycles. The van der Waals surface area contributed by atoms with Gasteiger partial charge in [0.15, 0.2) is 5.82 Å². The van der Waals surface area contributed by atoms with Crippen LogP contribution in [0.1, 0.15) is 35.1 Å². The molecule has 0 saturated carbocycles. The fourth-order valence-corrected chi connectivity index (χ4v) is 3.42. The molecule has 1 atom stereocenters. The summed E-state index contributed by atoms with van der Waals surface area (Å²) in [6.45, 7) is 1.36. The highest BCUT2D eigenvalue weighted by Crippen LogP contribution is 2.27. The molecular weight excluding hydrogens is 333 g/mol. The smallest absolute Gasteiger partial charge is 0.270 e. The van der Waals surface area contributed by atoms with Gasteiger partial charge in [0.1, 0.15) is 17.3 Å². The molecule has 0 radical (unpaired) electrons. The first kappa shape index (κ1) is 16.5. The average molecular weight is 353 g/mol. The van der Waals surface area contributed by atoms with Crippen LogP contribution in [-0.4, -0.2) is 43.6 Å². The monoisotopic (exact) mass is 353 g/mol. The first-order chi connectivity index (χ1) is 12.6. The summed E-state index contributed by atoms with van der Waals surface area (Å²) in [5.74, 6) is 1.20. The topological polar surface area (TPSA) is 66.8 Å². The lowest BCUT2D eigenvalue weighted by atomic mass is 9.97. The summed E-state index contributed by atoms with van der Waals surface area (Å²) >= 11 is 0. The molecular formula is C19H20FN5O. The van der Waals surface area contributed by atoms with Crippen LogP contribution in [0.5, 0.6) is 0 Å². The Balaban J connectivity index is 1.51. The predicted octanol–water partition coefficient (Wildman–Crippen LogP) is 2.97. The number of carbonyl (C=O) groups excluding carboxylic acids is 1. The van der Waals surface area contributed by atoms with E-state index in [0.29, 0.717) is 18.1 Å². The number of nitrogens with one attached hydrogen (secondary N) is 1. The second kappa shape index (κ2) is 6.74. The SMILES string of the molecule is Cn1cccc1C(=O)N1CCC[C@H](c2nc(-c3ccc(F)cc3)n[nH]2)C1. The number of carbonyl (C=O) groups is 1. The zero-order valence-electron chi connectivity index (χ0n) is 14.5. The number of likely N-dealkylation sites (tertiary alicyclic amines) is 1. The van der Waals surface area contributed by atoms with Crippen molar-refractivity contribution in [3.8, 4) is 11.4 Å². The fraction of sp³-hybridized carbons (Fsp3) is 0.316. The summed E-state index contributed by atoms with van der Waals surface area (Å²) in [5, 5.41) is 7.26. The summed E-state index contributed by atoms with van der Waals surface area (Å²) in [6, 6.07) is 9.83. The number of aryl methyl sites for hydroxylation is 1. The normalized spacial score (nSPS) is 17.5. The fourth-order valence-electron chi connectivity index (χ4n) is 3.42. The van der Waals surface area contributed by atoms with E-state index in [2.05, 4.69) is 15.2 Å². The number of halogens is 1. The third-order valence-corrected chi connectivity index (χ3v) is 4.86. The van der Waals surface area contributed by atoms with Crippen molar-refractivity contribution in [1.82, 2.24) is 24.6 Å². The van der Waals surface area contributed by atoms with E-state index in [0.717, 1.165) is 30.8 Å². The van der Waals surface area contributed by atoms with Crippen molar-refractivity contribution in [3.05, 3.63) is 59.9 Å². The zero-order valence-corrected chi connectivity index (χ0v) is 14.5. The van der Waals surface area contributed by atoms with Crippen LogP contribution in [-0.2, 0) is 7.05 Å². The largest absolute Gasteiger partial charge is 0.347 e. The quantitative estimate of drug-likeness (QED) is 0.787. The van der Waals surface area contributed by atoms with E-state index in [1.807, 2.05) is 34.8 Å². The Bertz CT molecular complexity index is 914. The molecule has 3 aromatic rings. The van der Waals surface area contributed by atoms with Gasteiger partial charge >= 0.3 is 0 Å². The lowest BCUT2D eigenvalue weighted by Gasteiger charge is -2.31. The van der Waals surface area contributed by atoms with Crippen molar-refractivity contribution in [2.24, 2.45) is 7.05 Å². The van der Waals surface area contributed by atoms with Gasteiger partial charge in [-0.3, -0.25) is 9.89 Å². The lowest BCUT2D eigenvalue weighted by molar-refractivity contribution is 0.0695. The molecule has 1 saturated heterocycles. The molecule has 3 heterocycles. The van der Waals surface area contributed by atoms with E-state index >= 15 is 0 Å². The number of amides is 1. The van der Waals surface area contributed by atoms with Crippen molar-refractivity contribution >= 4 is 5.91 Å². The van der Waals surface area contributed by atoms with Gasteiger partial charge in [-0.05, 0) is 49.2 Å². The predicted molar refractivity (Wildman–Crippen MR) is 95.1 cm³/mol. The highest BCUT2D eigenvalue weighted by Gasteiger charge is 2.28. The Kier molecular flexibility index (Phi) is 4.28. The van der Waals surface area contributed by atoms with Gasteiger partial charge in [0.25, 0.3) is 5.91 Å². The maximum absolute atomic E-state index is 13.1. The minimum Gasteiger partial charge on any atom is -0.347 e.